The Morgan fingerprint density at radius 3 is 2.56 bits per heavy atom. The van der Waals surface area contributed by atoms with Crippen LogP contribution in [0.15, 0.2) is 34.1 Å². The first kappa shape index (κ1) is 12.7. The predicted octanol–water partition coefficient (Wildman–Crippen LogP) is 5.72. The maximum Gasteiger partial charge on any atom is 0.0928 e. The van der Waals surface area contributed by atoms with Gasteiger partial charge in [0.1, 0.15) is 0 Å². The van der Waals surface area contributed by atoms with Gasteiger partial charge in [-0.2, -0.15) is 0 Å². The van der Waals surface area contributed by atoms with Gasteiger partial charge in [0.05, 0.1) is 9.16 Å². The molecule has 94 valence electrons. The number of fused-ring (bicyclic) bond motifs is 1. The zero-order chi connectivity index (χ0) is 12.5. The van der Waals surface area contributed by atoms with Gasteiger partial charge < -0.3 is 0 Å². The first-order valence-electron chi connectivity index (χ1n) is 6.25. The zero-order valence-electron chi connectivity index (χ0n) is 9.96. The van der Waals surface area contributed by atoms with E-state index in [9.17, 15) is 0 Å². The summed E-state index contributed by atoms with van der Waals surface area (Å²) in [6.07, 6.45) is 5.08. The number of thiophene rings is 1. The number of aryl methyl sites for hydroxylation is 2. The molecule has 0 spiro atoms. The average molecular weight is 342 g/mol. The highest BCUT2D eigenvalue weighted by Gasteiger charge is 2.16. The summed E-state index contributed by atoms with van der Waals surface area (Å²) in [5.74, 6) is 0. The maximum atomic E-state index is 6.58. The van der Waals surface area contributed by atoms with Crippen LogP contribution in [-0.2, 0) is 12.8 Å². The molecule has 0 radical (unpaired) electrons. The number of hydrogen-bond acceptors (Lipinski definition) is 1. The Bertz CT molecular complexity index is 561. The summed E-state index contributed by atoms with van der Waals surface area (Å²) in [6.45, 7) is 0. The Morgan fingerprint density at radius 1 is 1.06 bits per heavy atom. The molecule has 1 heterocycles. The van der Waals surface area contributed by atoms with Gasteiger partial charge in [-0.3, -0.25) is 0 Å². The fraction of sp³-hybridized carbons (Fsp3) is 0.333. The second-order valence-corrected chi connectivity index (χ2v) is 7.67. The Hall–Kier alpha value is -0.310. The number of rotatable bonds is 2. The van der Waals surface area contributed by atoms with E-state index in [0.717, 1.165) is 3.79 Å². The van der Waals surface area contributed by atoms with Crippen molar-refractivity contribution in [3.63, 3.8) is 0 Å². The lowest BCUT2D eigenvalue weighted by Gasteiger charge is -2.18. The van der Waals surface area contributed by atoms with Crippen LogP contribution in [0.2, 0.25) is 0 Å². The van der Waals surface area contributed by atoms with Crippen LogP contribution in [-0.4, -0.2) is 0 Å². The van der Waals surface area contributed by atoms with Gasteiger partial charge >= 0.3 is 0 Å². The highest BCUT2D eigenvalue weighted by atomic mass is 79.9. The van der Waals surface area contributed by atoms with Gasteiger partial charge in [-0.25, -0.2) is 0 Å². The van der Waals surface area contributed by atoms with Gasteiger partial charge in [-0.05, 0) is 70.4 Å². The molecule has 0 N–H and O–H groups in total. The maximum absolute atomic E-state index is 6.58. The third kappa shape index (κ3) is 2.52. The summed E-state index contributed by atoms with van der Waals surface area (Å²) in [6, 6.07) is 10.9. The normalized spacial score (nSPS) is 16.3. The van der Waals surface area contributed by atoms with Crippen molar-refractivity contribution in [1.29, 1.82) is 0 Å². The topological polar surface area (TPSA) is 0 Å². The SMILES string of the molecule is ClC(c1ccc2c(c1)CCCC2)c1ccc(Br)s1. The molecule has 0 nitrogen and oxygen atoms in total. The molecule has 2 aromatic rings. The minimum absolute atomic E-state index is 0.0199. The largest absolute Gasteiger partial charge is 0.131 e. The third-order valence-corrected chi connectivity index (χ3v) is 5.81. The molecule has 1 aromatic heterocycles. The van der Waals surface area contributed by atoms with Crippen LogP contribution in [0.1, 0.15) is 39.8 Å². The van der Waals surface area contributed by atoms with Crippen LogP contribution < -0.4 is 0 Å². The second-order valence-electron chi connectivity index (χ2n) is 4.74. The minimum Gasteiger partial charge on any atom is -0.131 e. The lowest BCUT2D eigenvalue weighted by Crippen LogP contribution is -2.03. The quantitative estimate of drug-likeness (QED) is 0.613. The summed E-state index contributed by atoms with van der Waals surface area (Å²) in [7, 11) is 0. The second kappa shape index (κ2) is 5.36. The molecule has 1 atom stereocenters. The molecular weight excluding hydrogens is 328 g/mol. The van der Waals surface area contributed by atoms with Crippen molar-refractivity contribution >= 4 is 38.9 Å². The molecule has 0 amide bonds. The fourth-order valence-corrected chi connectivity index (χ4v) is 4.31. The number of hydrogen-bond donors (Lipinski definition) is 0. The van der Waals surface area contributed by atoms with E-state index in [0.29, 0.717) is 0 Å². The number of alkyl halides is 1. The Kier molecular flexibility index (Phi) is 3.78. The van der Waals surface area contributed by atoms with Crippen LogP contribution in [0.25, 0.3) is 0 Å². The van der Waals surface area contributed by atoms with Gasteiger partial charge in [0.2, 0.25) is 0 Å². The Labute approximate surface area is 125 Å². The molecule has 1 unspecified atom stereocenters. The summed E-state index contributed by atoms with van der Waals surface area (Å²) >= 11 is 11.8. The molecule has 0 saturated heterocycles. The van der Waals surface area contributed by atoms with Crippen molar-refractivity contribution in [3.8, 4) is 0 Å². The number of benzene rings is 1. The average Bonchev–Trinajstić information content (AvgIpc) is 2.84. The summed E-state index contributed by atoms with van der Waals surface area (Å²) in [5, 5.41) is -0.0199. The van der Waals surface area contributed by atoms with Crippen molar-refractivity contribution in [1.82, 2.24) is 0 Å². The molecule has 0 fully saturated rings. The molecule has 18 heavy (non-hydrogen) atoms. The molecule has 3 rings (SSSR count). The van der Waals surface area contributed by atoms with Gasteiger partial charge in [-0.1, -0.05) is 18.2 Å². The van der Waals surface area contributed by atoms with Crippen LogP contribution in [0.4, 0.5) is 0 Å². The zero-order valence-corrected chi connectivity index (χ0v) is 13.1. The van der Waals surface area contributed by atoms with Crippen molar-refractivity contribution in [2.24, 2.45) is 0 Å². The molecule has 3 heteroatoms. The predicted molar refractivity (Wildman–Crippen MR) is 82.8 cm³/mol. The van der Waals surface area contributed by atoms with E-state index < -0.39 is 0 Å². The first-order valence-corrected chi connectivity index (χ1v) is 8.29. The molecule has 0 bridgehead atoms. The van der Waals surface area contributed by atoms with Gasteiger partial charge in [0.15, 0.2) is 0 Å². The summed E-state index contributed by atoms with van der Waals surface area (Å²) in [4.78, 5) is 1.21. The lowest BCUT2D eigenvalue weighted by atomic mass is 9.90. The van der Waals surface area contributed by atoms with E-state index in [1.807, 2.05) is 0 Å². The van der Waals surface area contributed by atoms with Crippen LogP contribution in [0.3, 0.4) is 0 Å². The Morgan fingerprint density at radius 2 is 1.83 bits per heavy atom. The van der Waals surface area contributed by atoms with Gasteiger partial charge in [0, 0.05) is 4.88 Å². The van der Waals surface area contributed by atoms with Crippen LogP contribution in [0.5, 0.6) is 0 Å². The fourth-order valence-electron chi connectivity index (χ4n) is 2.54. The Balaban J connectivity index is 1.92. The van der Waals surface area contributed by atoms with E-state index in [2.05, 4.69) is 46.3 Å². The van der Waals surface area contributed by atoms with Crippen molar-refractivity contribution in [3.05, 3.63) is 55.7 Å². The highest BCUT2D eigenvalue weighted by molar-refractivity contribution is 9.11. The lowest BCUT2D eigenvalue weighted by molar-refractivity contribution is 0.684. The molecular formula is C15H14BrClS. The van der Waals surface area contributed by atoms with Gasteiger partial charge in [-0.15, -0.1) is 22.9 Å². The number of halogens is 2. The van der Waals surface area contributed by atoms with Crippen molar-refractivity contribution < 1.29 is 0 Å². The highest BCUT2D eigenvalue weighted by Crippen LogP contribution is 2.36. The van der Waals surface area contributed by atoms with E-state index in [-0.39, 0.29) is 5.38 Å². The molecule has 1 aromatic carbocycles. The standard InChI is InChI=1S/C15H14BrClS/c16-14-8-7-13(18-14)15(17)12-6-5-10-3-1-2-4-11(10)9-12/h5-9,15H,1-4H2. The monoisotopic (exact) mass is 340 g/mol. The molecule has 0 saturated carbocycles. The van der Waals surface area contributed by atoms with E-state index in [4.69, 9.17) is 11.6 Å². The van der Waals surface area contributed by atoms with Crippen LogP contribution in [0, 0.1) is 0 Å². The van der Waals surface area contributed by atoms with Crippen LogP contribution >= 0.6 is 38.9 Å². The minimum atomic E-state index is -0.0199. The van der Waals surface area contributed by atoms with E-state index >= 15 is 0 Å². The molecule has 1 aliphatic carbocycles. The van der Waals surface area contributed by atoms with Gasteiger partial charge in [0.25, 0.3) is 0 Å². The van der Waals surface area contributed by atoms with E-state index in [1.54, 1.807) is 11.3 Å². The molecule has 1 aliphatic rings. The smallest absolute Gasteiger partial charge is 0.0928 e. The summed E-state index contributed by atoms with van der Waals surface area (Å²) in [5.41, 5.74) is 4.24. The molecule has 0 aliphatic heterocycles. The first-order chi connectivity index (χ1) is 8.74. The van der Waals surface area contributed by atoms with E-state index in [1.165, 1.54) is 47.3 Å². The summed E-state index contributed by atoms with van der Waals surface area (Å²) < 4.78 is 1.14. The van der Waals surface area contributed by atoms with Crippen molar-refractivity contribution in [2.75, 3.05) is 0 Å². The van der Waals surface area contributed by atoms with Crippen molar-refractivity contribution in [2.45, 2.75) is 31.1 Å². The third-order valence-electron chi connectivity index (χ3n) is 3.51.